The zero-order valence-electron chi connectivity index (χ0n) is 16.4. The van der Waals surface area contributed by atoms with Crippen molar-refractivity contribution in [2.24, 2.45) is 0 Å². The molecule has 3 N–H and O–H groups in total. The largest absolute Gasteiger partial charge is 0.396 e. The zero-order valence-corrected chi connectivity index (χ0v) is 17.2. The maximum absolute atomic E-state index is 12.8. The van der Waals surface area contributed by atoms with Gasteiger partial charge in [-0.15, -0.1) is 0 Å². The summed E-state index contributed by atoms with van der Waals surface area (Å²) in [7, 11) is 1.55. The molecule has 0 aliphatic rings. The third-order valence-electron chi connectivity index (χ3n) is 4.36. The first-order valence-corrected chi connectivity index (χ1v) is 10.4. The van der Waals surface area contributed by atoms with Crippen molar-refractivity contribution in [1.82, 2.24) is 14.9 Å². The van der Waals surface area contributed by atoms with E-state index in [1.165, 1.54) is 4.57 Å². The molecule has 0 spiro atoms. The van der Waals surface area contributed by atoms with Crippen LogP contribution in [0.4, 0.5) is 5.69 Å². The molecular formula is C21H22N4O4S. The molecule has 1 heterocycles. The summed E-state index contributed by atoms with van der Waals surface area (Å²) in [6.07, 6.45) is 0.414. The summed E-state index contributed by atoms with van der Waals surface area (Å²) in [5, 5.41) is 15.4. The van der Waals surface area contributed by atoms with E-state index in [0.717, 1.165) is 11.8 Å². The predicted molar refractivity (Wildman–Crippen MR) is 117 cm³/mol. The average Bonchev–Trinajstić information content (AvgIpc) is 2.77. The van der Waals surface area contributed by atoms with Crippen molar-refractivity contribution in [3.8, 4) is 0 Å². The predicted octanol–water partition coefficient (Wildman–Crippen LogP) is 1.87. The standard InChI is InChI=1S/C21H22N4O4S/c1-22-19(28)14-7-9-15(10-8-14)23-18(27)13-30-21-24-17-6-3-2-5-16(17)20(29)25(21)11-4-12-26/h2-3,5-10,26H,4,11-13H2,1H3,(H,22,28)(H,23,27). The number of aliphatic hydroxyl groups is 1. The number of rotatable bonds is 8. The Morgan fingerprint density at radius 3 is 2.57 bits per heavy atom. The smallest absolute Gasteiger partial charge is 0.262 e. The summed E-state index contributed by atoms with van der Waals surface area (Å²) < 4.78 is 1.49. The van der Waals surface area contributed by atoms with Gasteiger partial charge in [-0.3, -0.25) is 19.0 Å². The number of hydrogen-bond donors (Lipinski definition) is 3. The maximum atomic E-state index is 12.8. The number of benzene rings is 2. The van der Waals surface area contributed by atoms with Crippen molar-refractivity contribution in [2.75, 3.05) is 24.7 Å². The van der Waals surface area contributed by atoms with E-state index in [1.807, 2.05) is 0 Å². The molecule has 0 saturated carbocycles. The number of para-hydroxylation sites is 1. The van der Waals surface area contributed by atoms with E-state index in [0.29, 0.717) is 40.3 Å². The van der Waals surface area contributed by atoms with E-state index in [4.69, 9.17) is 5.11 Å². The molecule has 3 rings (SSSR count). The SMILES string of the molecule is CNC(=O)c1ccc(NC(=O)CSc2nc3ccccc3c(=O)n2CCCO)cc1. The second kappa shape index (κ2) is 10.0. The highest BCUT2D eigenvalue weighted by Gasteiger charge is 2.13. The lowest BCUT2D eigenvalue weighted by Crippen LogP contribution is -2.24. The van der Waals surface area contributed by atoms with Gasteiger partial charge < -0.3 is 15.7 Å². The molecule has 0 unspecified atom stereocenters. The summed E-state index contributed by atoms with van der Waals surface area (Å²) >= 11 is 1.16. The van der Waals surface area contributed by atoms with E-state index in [-0.39, 0.29) is 29.7 Å². The highest BCUT2D eigenvalue weighted by Crippen LogP contribution is 2.19. The number of carbonyl (C=O) groups excluding carboxylic acids is 2. The summed E-state index contributed by atoms with van der Waals surface area (Å²) in [4.78, 5) is 41.3. The summed E-state index contributed by atoms with van der Waals surface area (Å²) in [6, 6.07) is 13.6. The minimum atomic E-state index is -0.260. The average molecular weight is 426 g/mol. The Morgan fingerprint density at radius 2 is 1.87 bits per heavy atom. The fourth-order valence-corrected chi connectivity index (χ4v) is 3.69. The van der Waals surface area contributed by atoms with Gasteiger partial charge in [0, 0.05) is 31.5 Å². The van der Waals surface area contributed by atoms with Crippen molar-refractivity contribution in [1.29, 1.82) is 0 Å². The maximum Gasteiger partial charge on any atom is 0.262 e. The number of aliphatic hydroxyl groups excluding tert-OH is 1. The van der Waals surface area contributed by atoms with Crippen LogP contribution in [0.2, 0.25) is 0 Å². The van der Waals surface area contributed by atoms with E-state index in [1.54, 1.807) is 55.6 Å². The molecule has 156 valence electrons. The van der Waals surface area contributed by atoms with E-state index >= 15 is 0 Å². The Morgan fingerprint density at radius 1 is 1.13 bits per heavy atom. The number of nitrogens with zero attached hydrogens (tertiary/aromatic N) is 2. The molecule has 30 heavy (non-hydrogen) atoms. The first-order valence-electron chi connectivity index (χ1n) is 9.38. The number of aromatic nitrogens is 2. The number of amides is 2. The topological polar surface area (TPSA) is 113 Å². The van der Waals surface area contributed by atoms with Crippen LogP contribution < -0.4 is 16.2 Å². The third-order valence-corrected chi connectivity index (χ3v) is 5.33. The summed E-state index contributed by atoms with van der Waals surface area (Å²) in [5.74, 6) is -0.406. The Kier molecular flexibility index (Phi) is 7.21. The van der Waals surface area contributed by atoms with Crippen LogP contribution >= 0.6 is 11.8 Å². The van der Waals surface area contributed by atoms with Gasteiger partial charge >= 0.3 is 0 Å². The first kappa shape index (κ1) is 21.5. The van der Waals surface area contributed by atoms with E-state index < -0.39 is 0 Å². The van der Waals surface area contributed by atoms with Crippen LogP contribution in [0.25, 0.3) is 10.9 Å². The monoisotopic (exact) mass is 426 g/mol. The summed E-state index contributed by atoms with van der Waals surface area (Å²) in [6.45, 7) is 0.272. The van der Waals surface area contributed by atoms with Crippen molar-refractivity contribution in [2.45, 2.75) is 18.1 Å². The number of thioether (sulfide) groups is 1. The van der Waals surface area contributed by atoms with Gasteiger partial charge in [0.05, 0.1) is 16.7 Å². The minimum absolute atomic E-state index is 0.0457. The number of carbonyl (C=O) groups is 2. The molecule has 0 radical (unpaired) electrons. The molecule has 9 heteroatoms. The van der Waals surface area contributed by atoms with Gasteiger partial charge in [0.1, 0.15) is 0 Å². The Labute approximate surface area is 177 Å². The van der Waals surface area contributed by atoms with Crippen LogP contribution in [0.15, 0.2) is 58.5 Å². The number of nitrogens with one attached hydrogen (secondary N) is 2. The van der Waals surface area contributed by atoms with Crippen LogP contribution in [-0.2, 0) is 11.3 Å². The molecule has 3 aromatic rings. The number of fused-ring (bicyclic) bond motifs is 1. The molecule has 8 nitrogen and oxygen atoms in total. The van der Waals surface area contributed by atoms with Crippen molar-refractivity contribution >= 4 is 40.2 Å². The molecule has 0 aliphatic carbocycles. The number of hydrogen-bond acceptors (Lipinski definition) is 6. The quantitative estimate of drug-likeness (QED) is 0.374. The van der Waals surface area contributed by atoms with E-state index in [9.17, 15) is 14.4 Å². The van der Waals surface area contributed by atoms with Crippen LogP contribution in [0.1, 0.15) is 16.8 Å². The van der Waals surface area contributed by atoms with Gasteiger partial charge in [0.2, 0.25) is 5.91 Å². The first-order chi connectivity index (χ1) is 14.5. The molecule has 0 aliphatic heterocycles. The normalized spacial score (nSPS) is 10.7. The molecule has 0 atom stereocenters. The fourth-order valence-electron chi connectivity index (χ4n) is 2.86. The van der Waals surface area contributed by atoms with Gasteiger partial charge in [0.15, 0.2) is 5.16 Å². The van der Waals surface area contributed by atoms with Gasteiger partial charge in [-0.05, 0) is 42.8 Å². The van der Waals surface area contributed by atoms with Gasteiger partial charge in [-0.1, -0.05) is 23.9 Å². The highest BCUT2D eigenvalue weighted by atomic mass is 32.2. The Balaban J connectivity index is 1.73. The molecule has 0 bridgehead atoms. The van der Waals surface area contributed by atoms with Crippen LogP contribution in [0.5, 0.6) is 0 Å². The fraction of sp³-hybridized carbons (Fsp3) is 0.238. The molecular weight excluding hydrogens is 404 g/mol. The minimum Gasteiger partial charge on any atom is -0.396 e. The lowest BCUT2D eigenvalue weighted by molar-refractivity contribution is -0.113. The van der Waals surface area contributed by atoms with Crippen LogP contribution in [-0.4, -0.2) is 45.9 Å². The zero-order chi connectivity index (χ0) is 21.5. The molecule has 2 aromatic carbocycles. The molecule has 1 aromatic heterocycles. The van der Waals surface area contributed by atoms with Gasteiger partial charge in [-0.2, -0.15) is 0 Å². The Hall–Kier alpha value is -3.17. The Bertz CT molecular complexity index is 1110. The van der Waals surface area contributed by atoms with Crippen molar-refractivity contribution in [3.05, 3.63) is 64.4 Å². The van der Waals surface area contributed by atoms with Gasteiger partial charge in [0.25, 0.3) is 11.5 Å². The molecule has 0 fully saturated rings. The van der Waals surface area contributed by atoms with Crippen LogP contribution in [0.3, 0.4) is 0 Å². The lowest BCUT2D eigenvalue weighted by Gasteiger charge is -2.12. The third kappa shape index (κ3) is 5.05. The number of anilines is 1. The van der Waals surface area contributed by atoms with Crippen molar-refractivity contribution in [3.63, 3.8) is 0 Å². The second-order valence-electron chi connectivity index (χ2n) is 6.44. The second-order valence-corrected chi connectivity index (χ2v) is 7.38. The van der Waals surface area contributed by atoms with Crippen molar-refractivity contribution < 1.29 is 14.7 Å². The highest BCUT2D eigenvalue weighted by molar-refractivity contribution is 7.99. The molecule has 0 saturated heterocycles. The summed E-state index contributed by atoms with van der Waals surface area (Å²) in [5.41, 5.74) is 1.44. The lowest BCUT2D eigenvalue weighted by atomic mass is 10.2. The molecule has 2 amide bonds. The van der Waals surface area contributed by atoms with E-state index in [2.05, 4.69) is 15.6 Å². The van der Waals surface area contributed by atoms with Gasteiger partial charge in [-0.25, -0.2) is 4.98 Å². The van der Waals surface area contributed by atoms with Crippen LogP contribution in [0, 0.1) is 0 Å².